The Morgan fingerprint density at radius 2 is 1.72 bits per heavy atom. The highest BCUT2D eigenvalue weighted by Gasteiger charge is 2.31. The van der Waals surface area contributed by atoms with Crippen LogP contribution >= 0.6 is 11.6 Å². The van der Waals surface area contributed by atoms with Crippen LogP contribution in [0, 0.1) is 5.92 Å². The maximum absolute atomic E-state index is 12.8. The van der Waals surface area contributed by atoms with Gasteiger partial charge in [0, 0.05) is 43.2 Å². The van der Waals surface area contributed by atoms with Gasteiger partial charge in [-0.25, -0.2) is 0 Å². The Morgan fingerprint density at radius 1 is 1.07 bits per heavy atom. The van der Waals surface area contributed by atoms with Gasteiger partial charge in [-0.15, -0.1) is 0 Å². The van der Waals surface area contributed by atoms with E-state index in [1.54, 1.807) is 9.80 Å². The number of nitrogens with zero attached hydrogens (tertiary/aromatic N) is 2. The number of carbonyl (C=O) groups is 2. The van der Waals surface area contributed by atoms with E-state index < -0.39 is 11.7 Å². The molecule has 3 rings (SSSR count). The zero-order chi connectivity index (χ0) is 21.0. The number of morpholine rings is 1. The van der Waals surface area contributed by atoms with E-state index in [0.717, 1.165) is 18.2 Å². The van der Waals surface area contributed by atoms with Crippen molar-refractivity contribution in [1.82, 2.24) is 9.80 Å². The second kappa shape index (κ2) is 9.17. The molecule has 0 unspecified atom stereocenters. The lowest BCUT2D eigenvalue weighted by atomic mass is 9.95. The van der Waals surface area contributed by atoms with Crippen LogP contribution in [0.3, 0.4) is 0 Å². The van der Waals surface area contributed by atoms with Crippen molar-refractivity contribution in [3.63, 3.8) is 0 Å². The molecule has 2 amide bonds. The van der Waals surface area contributed by atoms with Crippen molar-refractivity contribution in [3.8, 4) is 0 Å². The van der Waals surface area contributed by atoms with Gasteiger partial charge in [0.15, 0.2) is 0 Å². The Balaban J connectivity index is 1.56. The van der Waals surface area contributed by atoms with Crippen molar-refractivity contribution in [2.45, 2.75) is 19.0 Å². The van der Waals surface area contributed by atoms with Gasteiger partial charge in [0.05, 0.1) is 18.8 Å². The quantitative estimate of drug-likeness (QED) is 0.690. The summed E-state index contributed by atoms with van der Waals surface area (Å²) in [5, 5.41) is 0.136. The average molecular weight is 431 g/mol. The number of halogens is 4. The predicted molar refractivity (Wildman–Crippen MR) is 102 cm³/mol. The van der Waals surface area contributed by atoms with Crippen LogP contribution in [0.2, 0.25) is 5.02 Å². The molecule has 29 heavy (non-hydrogen) atoms. The molecule has 0 spiro atoms. The van der Waals surface area contributed by atoms with Crippen LogP contribution in [-0.2, 0) is 20.5 Å². The Labute approximate surface area is 172 Å². The fourth-order valence-corrected chi connectivity index (χ4v) is 3.68. The molecule has 0 saturated carbocycles. The molecule has 0 N–H and O–H groups in total. The SMILES string of the molecule is O=C(C=Cc1cc(C(F)(F)F)ccc1Cl)N1CCC(C(=O)N2CCOCC2)CC1. The summed E-state index contributed by atoms with van der Waals surface area (Å²) in [6, 6.07) is 2.98. The van der Waals surface area contributed by atoms with Gasteiger partial charge in [-0.05, 0) is 42.7 Å². The van der Waals surface area contributed by atoms with Crippen molar-refractivity contribution >= 4 is 29.5 Å². The molecule has 0 atom stereocenters. The minimum atomic E-state index is -4.48. The maximum atomic E-state index is 12.8. The van der Waals surface area contributed by atoms with Crippen LogP contribution < -0.4 is 0 Å². The molecule has 5 nitrogen and oxygen atoms in total. The fourth-order valence-electron chi connectivity index (χ4n) is 3.50. The van der Waals surface area contributed by atoms with Crippen molar-refractivity contribution in [1.29, 1.82) is 0 Å². The number of likely N-dealkylation sites (tertiary alicyclic amines) is 1. The molecule has 0 bridgehead atoms. The van der Waals surface area contributed by atoms with Gasteiger partial charge in [0.1, 0.15) is 0 Å². The van der Waals surface area contributed by atoms with E-state index in [4.69, 9.17) is 16.3 Å². The summed E-state index contributed by atoms with van der Waals surface area (Å²) in [7, 11) is 0. The maximum Gasteiger partial charge on any atom is 0.416 e. The number of alkyl halides is 3. The summed E-state index contributed by atoms with van der Waals surface area (Å²) in [6.45, 7) is 3.15. The van der Waals surface area contributed by atoms with Gasteiger partial charge in [0.25, 0.3) is 0 Å². The third-order valence-corrected chi connectivity index (χ3v) is 5.55. The Morgan fingerprint density at radius 3 is 2.34 bits per heavy atom. The van der Waals surface area contributed by atoms with E-state index in [2.05, 4.69) is 0 Å². The number of ether oxygens (including phenoxy) is 1. The summed E-state index contributed by atoms with van der Waals surface area (Å²) < 4.78 is 43.8. The lowest BCUT2D eigenvalue weighted by Crippen LogP contribution is -2.47. The fraction of sp³-hybridized carbons (Fsp3) is 0.500. The van der Waals surface area contributed by atoms with Crippen molar-refractivity contribution in [3.05, 3.63) is 40.4 Å². The van der Waals surface area contributed by atoms with E-state index >= 15 is 0 Å². The Hall–Kier alpha value is -2.06. The molecule has 1 aromatic rings. The molecule has 2 fully saturated rings. The summed E-state index contributed by atoms with van der Waals surface area (Å²) >= 11 is 5.95. The van der Waals surface area contributed by atoms with Crippen molar-refractivity contribution in [2.75, 3.05) is 39.4 Å². The first-order valence-electron chi connectivity index (χ1n) is 9.46. The average Bonchev–Trinajstić information content (AvgIpc) is 2.72. The van der Waals surface area contributed by atoms with E-state index in [9.17, 15) is 22.8 Å². The van der Waals surface area contributed by atoms with E-state index in [1.807, 2.05) is 0 Å². The van der Waals surface area contributed by atoms with Gasteiger partial charge in [-0.2, -0.15) is 13.2 Å². The minimum Gasteiger partial charge on any atom is -0.378 e. The number of hydrogen-bond donors (Lipinski definition) is 0. The number of carbonyl (C=O) groups excluding carboxylic acids is 2. The third kappa shape index (κ3) is 5.51. The molecule has 0 aromatic heterocycles. The second-order valence-electron chi connectivity index (χ2n) is 7.10. The highest BCUT2D eigenvalue weighted by atomic mass is 35.5. The van der Waals surface area contributed by atoms with Gasteiger partial charge in [-0.1, -0.05) is 11.6 Å². The standard InChI is InChI=1S/C20H22ClF3N2O3/c21-17-3-2-16(20(22,23)24)13-15(17)1-4-18(27)25-7-5-14(6-8-25)19(28)26-9-11-29-12-10-26/h1-4,13-14H,5-12H2. The van der Waals surface area contributed by atoms with Crippen molar-refractivity contribution in [2.24, 2.45) is 5.92 Å². The second-order valence-corrected chi connectivity index (χ2v) is 7.51. The first-order valence-corrected chi connectivity index (χ1v) is 9.84. The normalized spacial score (nSPS) is 19.0. The smallest absolute Gasteiger partial charge is 0.378 e. The molecule has 2 saturated heterocycles. The largest absolute Gasteiger partial charge is 0.416 e. The highest BCUT2D eigenvalue weighted by molar-refractivity contribution is 6.32. The monoisotopic (exact) mass is 430 g/mol. The summed E-state index contributed by atoms with van der Waals surface area (Å²) in [6.07, 6.45) is -0.817. The zero-order valence-electron chi connectivity index (χ0n) is 15.8. The molecule has 2 aliphatic heterocycles. The highest BCUT2D eigenvalue weighted by Crippen LogP contribution is 2.32. The summed E-state index contributed by atoms with van der Waals surface area (Å²) in [5.41, 5.74) is -0.691. The topological polar surface area (TPSA) is 49.9 Å². The molecular weight excluding hydrogens is 409 g/mol. The molecule has 2 heterocycles. The van der Waals surface area contributed by atoms with Crippen LogP contribution in [0.1, 0.15) is 24.0 Å². The van der Waals surface area contributed by atoms with Gasteiger partial charge in [0.2, 0.25) is 11.8 Å². The van der Waals surface area contributed by atoms with Crippen LogP contribution in [0.4, 0.5) is 13.2 Å². The van der Waals surface area contributed by atoms with Crippen LogP contribution in [0.5, 0.6) is 0 Å². The lowest BCUT2D eigenvalue weighted by molar-refractivity contribution is -0.142. The van der Waals surface area contributed by atoms with Gasteiger partial charge in [-0.3, -0.25) is 9.59 Å². The first kappa shape index (κ1) is 21.6. The van der Waals surface area contributed by atoms with E-state index in [1.165, 1.54) is 12.2 Å². The van der Waals surface area contributed by atoms with E-state index in [-0.39, 0.29) is 28.3 Å². The van der Waals surface area contributed by atoms with Crippen LogP contribution in [-0.4, -0.2) is 61.0 Å². The summed E-state index contributed by atoms with van der Waals surface area (Å²) in [4.78, 5) is 28.3. The molecule has 0 aliphatic carbocycles. The molecule has 9 heteroatoms. The first-order chi connectivity index (χ1) is 13.8. The van der Waals surface area contributed by atoms with Crippen LogP contribution in [0.15, 0.2) is 24.3 Å². The number of benzene rings is 1. The minimum absolute atomic E-state index is 0.103. The molecule has 0 radical (unpaired) electrons. The number of hydrogen-bond acceptors (Lipinski definition) is 3. The predicted octanol–water partition coefficient (Wildman–Crippen LogP) is 3.47. The molecular formula is C20H22ClF3N2O3. The van der Waals surface area contributed by atoms with Gasteiger partial charge < -0.3 is 14.5 Å². The van der Waals surface area contributed by atoms with Crippen molar-refractivity contribution < 1.29 is 27.5 Å². The molecule has 2 aliphatic rings. The third-order valence-electron chi connectivity index (χ3n) is 5.21. The van der Waals surface area contributed by atoms with E-state index in [0.29, 0.717) is 52.2 Å². The molecule has 1 aromatic carbocycles. The number of amides is 2. The molecule has 158 valence electrons. The Bertz CT molecular complexity index is 784. The number of piperidine rings is 1. The summed E-state index contributed by atoms with van der Waals surface area (Å²) in [5.74, 6) is -0.318. The van der Waals surface area contributed by atoms with Crippen LogP contribution in [0.25, 0.3) is 6.08 Å². The zero-order valence-corrected chi connectivity index (χ0v) is 16.5. The Kier molecular flexibility index (Phi) is 6.85. The lowest BCUT2D eigenvalue weighted by Gasteiger charge is -2.35. The number of rotatable bonds is 3. The van der Waals surface area contributed by atoms with Gasteiger partial charge >= 0.3 is 6.18 Å².